The van der Waals surface area contributed by atoms with Gasteiger partial charge in [-0.2, -0.15) is 0 Å². The van der Waals surface area contributed by atoms with Crippen LogP contribution in [0, 0.1) is 34.5 Å². The first-order chi connectivity index (χ1) is 9.95. The van der Waals surface area contributed by atoms with E-state index >= 15 is 0 Å². The minimum Gasteiger partial charge on any atom is -0.389 e. The summed E-state index contributed by atoms with van der Waals surface area (Å²) in [5.41, 5.74) is 2.65. The highest BCUT2D eigenvalue weighted by atomic mass is 16.3. The highest BCUT2D eigenvalue weighted by Gasteiger charge is 2.57. The smallest absolute Gasteiger partial charge is 0.0724 e. The van der Waals surface area contributed by atoms with Crippen molar-refractivity contribution in [2.45, 2.75) is 78.2 Å². The third kappa shape index (κ3) is 1.85. The summed E-state index contributed by atoms with van der Waals surface area (Å²) in [4.78, 5) is 0. The van der Waals surface area contributed by atoms with Crippen molar-refractivity contribution in [3.63, 3.8) is 0 Å². The van der Waals surface area contributed by atoms with Crippen LogP contribution in [0.5, 0.6) is 0 Å². The highest BCUT2D eigenvalue weighted by molar-refractivity contribution is 5.25. The quantitative estimate of drug-likeness (QED) is 0.626. The molecule has 0 bridgehead atoms. The molecule has 4 aliphatic rings. The number of fused-ring (bicyclic) bond motifs is 5. The van der Waals surface area contributed by atoms with Crippen molar-refractivity contribution in [2.24, 2.45) is 34.5 Å². The molecule has 0 saturated heterocycles. The van der Waals surface area contributed by atoms with Gasteiger partial charge in [0.05, 0.1) is 6.10 Å². The molecule has 0 aromatic rings. The lowest BCUT2D eigenvalue weighted by Crippen LogP contribution is -2.50. The average molecular weight is 288 g/mol. The number of hydrogen-bond acceptors (Lipinski definition) is 1. The van der Waals surface area contributed by atoms with Crippen molar-refractivity contribution >= 4 is 0 Å². The second-order valence-electron chi connectivity index (χ2n) is 9.15. The molecule has 1 nitrogen and oxygen atoms in total. The van der Waals surface area contributed by atoms with E-state index in [0.29, 0.717) is 10.8 Å². The maximum atomic E-state index is 10.0. The van der Waals surface area contributed by atoms with Crippen LogP contribution in [0.3, 0.4) is 0 Å². The lowest BCUT2D eigenvalue weighted by Gasteiger charge is -2.58. The normalized spacial score (nSPS) is 56.2. The number of rotatable bonds is 0. The Bertz CT molecular complexity index is 466. The Labute approximate surface area is 130 Å². The van der Waals surface area contributed by atoms with Gasteiger partial charge in [-0.3, -0.25) is 0 Å². The molecule has 0 heterocycles. The minimum atomic E-state index is -0.162. The molecule has 3 fully saturated rings. The zero-order valence-electron chi connectivity index (χ0n) is 14.1. The standard InChI is InChI=1S/C20H32O/c1-13-4-7-17-16-6-5-14-12-15(21)8-10-20(14,3)18(16)9-11-19(13,17)2/h12-13,15-18,21H,4-11H2,1-3H3/t13?,15?,16-,17-,18+,19+,20-/m0/s1. The van der Waals surface area contributed by atoms with E-state index in [1.54, 1.807) is 5.57 Å². The highest BCUT2D eigenvalue weighted by Crippen LogP contribution is 2.66. The molecular weight excluding hydrogens is 256 g/mol. The van der Waals surface area contributed by atoms with Crippen LogP contribution in [0.2, 0.25) is 0 Å². The molecule has 0 aromatic heterocycles. The molecule has 1 N–H and O–H groups in total. The number of aliphatic hydroxyl groups excluding tert-OH is 1. The molecule has 7 atom stereocenters. The van der Waals surface area contributed by atoms with Gasteiger partial charge in [-0.15, -0.1) is 0 Å². The third-order valence-corrected chi connectivity index (χ3v) is 8.56. The largest absolute Gasteiger partial charge is 0.389 e. The van der Waals surface area contributed by atoms with E-state index in [0.717, 1.165) is 30.1 Å². The van der Waals surface area contributed by atoms with Crippen LogP contribution in [0.4, 0.5) is 0 Å². The maximum absolute atomic E-state index is 10.0. The Hall–Kier alpha value is -0.300. The fourth-order valence-electron chi connectivity index (χ4n) is 6.97. The van der Waals surface area contributed by atoms with Gasteiger partial charge in [0.2, 0.25) is 0 Å². The summed E-state index contributed by atoms with van der Waals surface area (Å²) in [6, 6.07) is 0. The summed E-state index contributed by atoms with van der Waals surface area (Å²) in [7, 11) is 0. The van der Waals surface area contributed by atoms with Crippen molar-refractivity contribution in [2.75, 3.05) is 0 Å². The predicted molar refractivity (Wildman–Crippen MR) is 86.9 cm³/mol. The predicted octanol–water partition coefficient (Wildman–Crippen LogP) is 4.95. The van der Waals surface area contributed by atoms with Crippen LogP contribution in [-0.2, 0) is 0 Å². The summed E-state index contributed by atoms with van der Waals surface area (Å²) in [6.45, 7) is 7.64. The van der Waals surface area contributed by atoms with Gasteiger partial charge >= 0.3 is 0 Å². The fraction of sp³-hybridized carbons (Fsp3) is 0.900. The molecule has 3 saturated carbocycles. The molecule has 4 rings (SSSR count). The van der Waals surface area contributed by atoms with Crippen molar-refractivity contribution in [3.05, 3.63) is 11.6 Å². The van der Waals surface area contributed by atoms with Crippen LogP contribution in [-0.4, -0.2) is 11.2 Å². The topological polar surface area (TPSA) is 20.2 Å². The van der Waals surface area contributed by atoms with Gasteiger partial charge in [0.1, 0.15) is 0 Å². The Morgan fingerprint density at radius 2 is 1.81 bits per heavy atom. The Balaban J connectivity index is 1.67. The molecule has 2 unspecified atom stereocenters. The van der Waals surface area contributed by atoms with Crippen LogP contribution in [0.25, 0.3) is 0 Å². The monoisotopic (exact) mass is 288 g/mol. The first-order valence-corrected chi connectivity index (χ1v) is 9.34. The first kappa shape index (κ1) is 14.3. The molecular formula is C20H32O. The molecule has 21 heavy (non-hydrogen) atoms. The van der Waals surface area contributed by atoms with E-state index in [1.165, 1.54) is 44.9 Å². The van der Waals surface area contributed by atoms with Crippen LogP contribution >= 0.6 is 0 Å². The fourth-order valence-corrected chi connectivity index (χ4v) is 6.97. The molecule has 118 valence electrons. The van der Waals surface area contributed by atoms with E-state index in [4.69, 9.17) is 0 Å². The van der Waals surface area contributed by atoms with Crippen molar-refractivity contribution in [1.82, 2.24) is 0 Å². The second-order valence-corrected chi connectivity index (χ2v) is 9.15. The second kappa shape index (κ2) is 4.60. The van der Waals surface area contributed by atoms with Gasteiger partial charge in [-0.05, 0) is 85.9 Å². The van der Waals surface area contributed by atoms with E-state index in [2.05, 4.69) is 26.8 Å². The first-order valence-electron chi connectivity index (χ1n) is 9.34. The van der Waals surface area contributed by atoms with Gasteiger partial charge in [0.25, 0.3) is 0 Å². The number of hydrogen-bond donors (Lipinski definition) is 1. The zero-order chi connectivity index (χ0) is 14.8. The number of allylic oxidation sites excluding steroid dienone is 1. The van der Waals surface area contributed by atoms with Gasteiger partial charge < -0.3 is 5.11 Å². The lowest BCUT2D eigenvalue weighted by molar-refractivity contribution is -0.0528. The average Bonchev–Trinajstić information content (AvgIpc) is 2.76. The molecule has 1 heteroatoms. The van der Waals surface area contributed by atoms with E-state index in [-0.39, 0.29) is 6.10 Å². The summed E-state index contributed by atoms with van der Waals surface area (Å²) < 4.78 is 0. The van der Waals surface area contributed by atoms with Crippen LogP contribution in [0.15, 0.2) is 11.6 Å². The van der Waals surface area contributed by atoms with E-state index in [9.17, 15) is 5.11 Å². The molecule has 0 aromatic carbocycles. The Morgan fingerprint density at radius 1 is 1.00 bits per heavy atom. The van der Waals surface area contributed by atoms with Gasteiger partial charge in [-0.1, -0.05) is 32.4 Å². The van der Waals surface area contributed by atoms with Crippen LogP contribution in [0.1, 0.15) is 72.1 Å². The van der Waals surface area contributed by atoms with Gasteiger partial charge in [0, 0.05) is 0 Å². The van der Waals surface area contributed by atoms with Crippen molar-refractivity contribution in [3.8, 4) is 0 Å². The zero-order valence-corrected chi connectivity index (χ0v) is 14.1. The Kier molecular flexibility index (Phi) is 3.13. The van der Waals surface area contributed by atoms with Crippen molar-refractivity contribution < 1.29 is 5.11 Å². The molecule has 0 spiro atoms. The Morgan fingerprint density at radius 3 is 2.62 bits per heavy atom. The summed E-state index contributed by atoms with van der Waals surface area (Å²) in [5, 5.41) is 10.0. The maximum Gasteiger partial charge on any atom is 0.0724 e. The van der Waals surface area contributed by atoms with Gasteiger partial charge in [0.15, 0.2) is 0 Å². The third-order valence-electron chi connectivity index (χ3n) is 8.56. The van der Waals surface area contributed by atoms with Gasteiger partial charge in [-0.25, -0.2) is 0 Å². The minimum absolute atomic E-state index is 0.162. The summed E-state index contributed by atoms with van der Waals surface area (Å²) in [6.07, 6.45) is 12.8. The van der Waals surface area contributed by atoms with Crippen molar-refractivity contribution in [1.29, 1.82) is 0 Å². The molecule has 0 aliphatic heterocycles. The molecule has 4 aliphatic carbocycles. The van der Waals surface area contributed by atoms with Crippen LogP contribution < -0.4 is 0 Å². The summed E-state index contributed by atoms with van der Waals surface area (Å²) in [5.74, 6) is 3.78. The molecule has 0 amide bonds. The van der Waals surface area contributed by atoms with E-state index in [1.807, 2.05) is 0 Å². The SMILES string of the molecule is CC1CC[C@H]2[C@@H]3CCC4=CC(O)CC[C@]4(C)[C@@H]3CC[C@]12C. The lowest BCUT2D eigenvalue weighted by atomic mass is 9.47. The number of aliphatic hydroxyl groups is 1. The molecule has 0 radical (unpaired) electrons. The summed E-state index contributed by atoms with van der Waals surface area (Å²) >= 11 is 0. The van der Waals surface area contributed by atoms with E-state index < -0.39 is 0 Å².